The molecule has 7 nitrogen and oxygen atoms in total. The molecule has 0 atom stereocenters. The highest BCUT2D eigenvalue weighted by Crippen LogP contribution is 2.43. The zero-order chi connectivity index (χ0) is 20.3. The number of carbonyl (C=O) groups is 1. The van der Waals surface area contributed by atoms with Crippen molar-refractivity contribution in [3.8, 4) is 0 Å². The standard InChI is InChI=1S/C23H23N5O2/c1-15-18(14-24-20-6-10-25-28(15)20)22(29)27-11-8-23(9-12-27)21-17(7-13-30-23)16-4-2-3-5-19(16)26-21/h2-6,10,14,26H,7-9,11-13H2,1H3. The van der Waals surface area contributed by atoms with Gasteiger partial charge in [-0.3, -0.25) is 4.79 Å². The quantitative estimate of drug-likeness (QED) is 0.531. The minimum absolute atomic E-state index is 0.0138. The smallest absolute Gasteiger partial charge is 0.257 e. The second-order valence-electron chi connectivity index (χ2n) is 8.27. The Balaban J connectivity index is 1.29. The molecule has 5 heterocycles. The van der Waals surface area contributed by atoms with Crippen LogP contribution in [0.5, 0.6) is 0 Å². The van der Waals surface area contributed by atoms with Crippen molar-refractivity contribution in [2.75, 3.05) is 19.7 Å². The average Bonchev–Trinajstić information content (AvgIpc) is 3.40. The number of hydrogen-bond donors (Lipinski definition) is 1. The average molecular weight is 401 g/mol. The largest absolute Gasteiger partial charge is 0.368 e. The van der Waals surface area contributed by atoms with E-state index in [0.29, 0.717) is 18.7 Å². The summed E-state index contributed by atoms with van der Waals surface area (Å²) in [5.41, 5.74) is 5.60. The molecular formula is C23H23N5O2. The maximum Gasteiger partial charge on any atom is 0.257 e. The number of aromatic amines is 1. The first-order valence-corrected chi connectivity index (χ1v) is 10.5. The predicted octanol–water partition coefficient (Wildman–Crippen LogP) is 3.22. The first-order chi connectivity index (χ1) is 14.7. The summed E-state index contributed by atoms with van der Waals surface area (Å²) < 4.78 is 8.09. The van der Waals surface area contributed by atoms with E-state index in [1.807, 2.05) is 17.9 Å². The Hall–Kier alpha value is -3.19. The van der Waals surface area contributed by atoms with Crippen molar-refractivity contribution in [2.24, 2.45) is 0 Å². The van der Waals surface area contributed by atoms with Gasteiger partial charge in [-0.05, 0) is 37.8 Å². The molecule has 0 bridgehead atoms. The van der Waals surface area contributed by atoms with Gasteiger partial charge in [0.1, 0.15) is 5.60 Å². The summed E-state index contributed by atoms with van der Waals surface area (Å²) in [6.45, 7) is 3.96. The van der Waals surface area contributed by atoms with E-state index in [2.05, 4.69) is 39.3 Å². The van der Waals surface area contributed by atoms with Crippen LogP contribution >= 0.6 is 0 Å². The summed E-state index contributed by atoms with van der Waals surface area (Å²) in [5, 5.41) is 5.57. The highest BCUT2D eigenvalue weighted by atomic mass is 16.5. The fourth-order valence-electron chi connectivity index (χ4n) is 5.11. The van der Waals surface area contributed by atoms with Gasteiger partial charge < -0.3 is 14.6 Å². The van der Waals surface area contributed by atoms with Crippen LogP contribution in [-0.4, -0.2) is 50.1 Å². The third kappa shape index (κ3) is 2.45. The van der Waals surface area contributed by atoms with Gasteiger partial charge in [-0.2, -0.15) is 5.10 Å². The van der Waals surface area contributed by atoms with Crippen molar-refractivity contribution in [3.63, 3.8) is 0 Å². The molecule has 2 aliphatic rings. The molecule has 6 rings (SSSR count). The lowest BCUT2D eigenvalue weighted by Gasteiger charge is -2.43. The fraction of sp³-hybridized carbons (Fsp3) is 0.348. The Bertz CT molecular complexity index is 1280. The van der Waals surface area contributed by atoms with E-state index in [9.17, 15) is 4.79 Å². The maximum atomic E-state index is 13.2. The second kappa shape index (κ2) is 6.40. The van der Waals surface area contributed by atoms with E-state index >= 15 is 0 Å². The molecule has 0 radical (unpaired) electrons. The number of fused-ring (bicyclic) bond motifs is 5. The predicted molar refractivity (Wildman–Crippen MR) is 112 cm³/mol. The van der Waals surface area contributed by atoms with E-state index in [1.54, 1.807) is 16.9 Å². The number of amides is 1. The molecule has 1 saturated heterocycles. The van der Waals surface area contributed by atoms with Gasteiger partial charge in [-0.15, -0.1) is 0 Å². The Kier molecular flexibility index (Phi) is 3.77. The van der Waals surface area contributed by atoms with Crippen molar-refractivity contribution in [1.82, 2.24) is 24.5 Å². The summed E-state index contributed by atoms with van der Waals surface area (Å²) in [7, 11) is 0. The van der Waals surface area contributed by atoms with Crippen LogP contribution in [-0.2, 0) is 16.8 Å². The molecule has 0 saturated carbocycles. The number of carbonyl (C=O) groups excluding carboxylic acids is 1. The monoisotopic (exact) mass is 401 g/mol. The minimum Gasteiger partial charge on any atom is -0.368 e. The van der Waals surface area contributed by atoms with Gasteiger partial charge in [0.2, 0.25) is 0 Å². The van der Waals surface area contributed by atoms with Crippen LogP contribution in [0.25, 0.3) is 16.6 Å². The van der Waals surface area contributed by atoms with Crippen molar-refractivity contribution in [1.29, 1.82) is 0 Å². The molecular weight excluding hydrogens is 378 g/mol. The van der Waals surface area contributed by atoms with E-state index in [4.69, 9.17) is 4.74 Å². The van der Waals surface area contributed by atoms with Crippen LogP contribution in [0.3, 0.4) is 0 Å². The first-order valence-electron chi connectivity index (χ1n) is 10.5. The van der Waals surface area contributed by atoms with Gasteiger partial charge in [0.25, 0.3) is 5.91 Å². The number of aromatic nitrogens is 4. The lowest BCUT2D eigenvalue weighted by atomic mass is 9.83. The molecule has 7 heteroatoms. The van der Waals surface area contributed by atoms with Crippen LogP contribution in [0, 0.1) is 6.92 Å². The molecule has 1 N–H and O–H groups in total. The van der Waals surface area contributed by atoms with Crippen LogP contribution in [0.15, 0.2) is 42.7 Å². The molecule has 30 heavy (non-hydrogen) atoms. The van der Waals surface area contributed by atoms with Gasteiger partial charge in [0.15, 0.2) is 5.65 Å². The van der Waals surface area contributed by atoms with Crippen molar-refractivity contribution in [3.05, 3.63) is 65.2 Å². The van der Waals surface area contributed by atoms with Crippen LogP contribution in [0.4, 0.5) is 0 Å². The van der Waals surface area contributed by atoms with Crippen molar-refractivity contribution in [2.45, 2.75) is 31.8 Å². The molecule has 3 aromatic heterocycles. The minimum atomic E-state index is -0.331. The highest BCUT2D eigenvalue weighted by molar-refractivity contribution is 5.95. The van der Waals surface area contributed by atoms with E-state index in [-0.39, 0.29) is 11.5 Å². The number of likely N-dealkylation sites (tertiary alicyclic amines) is 1. The molecule has 1 fully saturated rings. The molecule has 4 aromatic rings. The number of ether oxygens (including phenoxy) is 1. The van der Waals surface area contributed by atoms with Crippen molar-refractivity contribution >= 4 is 22.5 Å². The molecule has 1 aromatic carbocycles. The highest BCUT2D eigenvalue weighted by Gasteiger charge is 2.43. The fourth-order valence-corrected chi connectivity index (χ4v) is 5.11. The molecule has 1 amide bonds. The third-order valence-corrected chi connectivity index (χ3v) is 6.74. The zero-order valence-electron chi connectivity index (χ0n) is 16.9. The SMILES string of the molecule is Cc1c(C(=O)N2CCC3(CC2)OCCc2c3[nH]c3ccccc23)cnc2ccnn12. The molecule has 0 unspecified atom stereocenters. The van der Waals surface area contributed by atoms with Crippen LogP contribution < -0.4 is 0 Å². The third-order valence-electron chi connectivity index (χ3n) is 6.74. The number of hydrogen-bond acceptors (Lipinski definition) is 4. The number of aryl methyl sites for hydroxylation is 1. The number of rotatable bonds is 1. The van der Waals surface area contributed by atoms with Crippen molar-refractivity contribution < 1.29 is 9.53 Å². The number of benzene rings is 1. The van der Waals surface area contributed by atoms with Gasteiger partial charge in [-0.25, -0.2) is 9.50 Å². The summed E-state index contributed by atoms with van der Waals surface area (Å²) in [4.78, 5) is 23.2. The van der Waals surface area contributed by atoms with E-state index < -0.39 is 0 Å². The number of para-hydroxylation sites is 1. The van der Waals surface area contributed by atoms with Gasteiger partial charge in [0.05, 0.1) is 29.8 Å². The number of nitrogens with zero attached hydrogens (tertiary/aromatic N) is 4. The normalized spacial score (nSPS) is 18.2. The first kappa shape index (κ1) is 17.7. The Morgan fingerprint density at radius 3 is 2.90 bits per heavy atom. The number of H-pyrrole nitrogens is 1. The van der Waals surface area contributed by atoms with Gasteiger partial charge in [0, 0.05) is 36.3 Å². The second-order valence-corrected chi connectivity index (χ2v) is 8.27. The summed E-state index contributed by atoms with van der Waals surface area (Å²) in [6.07, 6.45) is 5.88. The Morgan fingerprint density at radius 1 is 1.20 bits per heavy atom. The summed E-state index contributed by atoms with van der Waals surface area (Å²) in [6, 6.07) is 10.3. The summed E-state index contributed by atoms with van der Waals surface area (Å²) in [5.74, 6) is 0.0138. The summed E-state index contributed by atoms with van der Waals surface area (Å²) >= 11 is 0. The lowest BCUT2D eigenvalue weighted by molar-refractivity contribution is -0.0957. The maximum absolute atomic E-state index is 13.2. The molecule has 2 aliphatic heterocycles. The molecule has 152 valence electrons. The zero-order valence-corrected chi connectivity index (χ0v) is 16.9. The van der Waals surface area contributed by atoms with Crippen LogP contribution in [0.1, 0.15) is 40.2 Å². The Morgan fingerprint density at radius 2 is 2.03 bits per heavy atom. The van der Waals surface area contributed by atoms with Gasteiger partial charge >= 0.3 is 0 Å². The molecule has 1 spiro atoms. The number of nitrogens with one attached hydrogen (secondary N) is 1. The van der Waals surface area contributed by atoms with E-state index in [0.717, 1.165) is 37.2 Å². The topological polar surface area (TPSA) is 75.5 Å². The van der Waals surface area contributed by atoms with Crippen LogP contribution in [0.2, 0.25) is 0 Å². The Labute approximate surface area is 173 Å². The van der Waals surface area contributed by atoms with Gasteiger partial charge in [-0.1, -0.05) is 18.2 Å². The van der Waals surface area contributed by atoms with E-state index in [1.165, 1.54) is 22.2 Å². The number of piperidine rings is 1. The molecule has 0 aliphatic carbocycles. The lowest BCUT2D eigenvalue weighted by Crippen LogP contribution is -2.48.